The van der Waals surface area contributed by atoms with E-state index in [1.54, 1.807) is 6.20 Å². The summed E-state index contributed by atoms with van der Waals surface area (Å²) in [5.41, 5.74) is 10.9. The van der Waals surface area contributed by atoms with Crippen molar-refractivity contribution in [3.63, 3.8) is 0 Å². The lowest BCUT2D eigenvalue weighted by Gasteiger charge is -2.16. The molecule has 5 aromatic carbocycles. The zero-order valence-electron chi connectivity index (χ0n) is 29.7. The number of fused-ring (bicyclic) bond motifs is 7. The second-order valence-electron chi connectivity index (χ2n) is 13.6. The third-order valence-corrected chi connectivity index (χ3v) is 10.3. The van der Waals surface area contributed by atoms with Crippen LogP contribution in [-0.4, -0.2) is 39.9 Å². The van der Waals surface area contributed by atoms with Gasteiger partial charge in [0.2, 0.25) is 0 Å². The SMILES string of the molecule is c1ccc(-c2nc(-c3cc(-c4cc5cccnc5c5ncccc45)cc(-c4cc5cccnc5c5ncccc45)c3)nc(-c3cccc4ncccc34)n2)cc1. The van der Waals surface area contributed by atoms with Gasteiger partial charge in [0.05, 0.1) is 27.6 Å². The summed E-state index contributed by atoms with van der Waals surface area (Å²) in [5.74, 6) is 1.70. The molecular weight excluding hydrogens is 689 g/mol. The van der Waals surface area contributed by atoms with Crippen LogP contribution in [0.3, 0.4) is 0 Å². The van der Waals surface area contributed by atoms with Crippen LogP contribution < -0.4 is 0 Å². The van der Waals surface area contributed by atoms with E-state index in [-0.39, 0.29) is 0 Å². The Kier molecular flexibility index (Phi) is 7.31. The highest BCUT2D eigenvalue weighted by atomic mass is 15.0. The molecule has 8 heteroatoms. The van der Waals surface area contributed by atoms with Crippen LogP contribution in [-0.2, 0) is 0 Å². The van der Waals surface area contributed by atoms with Gasteiger partial charge >= 0.3 is 0 Å². The van der Waals surface area contributed by atoms with E-state index in [4.69, 9.17) is 34.9 Å². The molecule has 0 spiro atoms. The van der Waals surface area contributed by atoms with Crippen molar-refractivity contribution in [2.45, 2.75) is 0 Å². The standard InChI is InChI=1S/C48H28N8/c1-2-10-29(11-3-1)46-54-47(56-48(55-46)38-14-4-18-41-35(38)15-7-19-49-41)34-25-32(39-27-30-12-5-20-50-42(30)44-36(39)16-8-22-52-44)24-33(26-34)40-28-31-13-6-21-51-43(31)45-37(40)17-9-23-53-45/h1-28H. The number of pyridine rings is 5. The van der Waals surface area contributed by atoms with Crippen molar-refractivity contribution in [1.82, 2.24) is 39.9 Å². The third kappa shape index (κ3) is 5.31. The van der Waals surface area contributed by atoms with Gasteiger partial charge in [0.1, 0.15) is 0 Å². The molecule has 11 aromatic rings. The van der Waals surface area contributed by atoms with E-state index in [9.17, 15) is 0 Å². The van der Waals surface area contributed by atoms with Crippen LogP contribution in [0.5, 0.6) is 0 Å². The zero-order chi connectivity index (χ0) is 37.0. The fourth-order valence-electron chi connectivity index (χ4n) is 7.74. The molecule has 0 atom stereocenters. The van der Waals surface area contributed by atoms with E-state index in [2.05, 4.69) is 65.6 Å². The van der Waals surface area contributed by atoms with Gasteiger partial charge < -0.3 is 0 Å². The quantitative estimate of drug-likeness (QED) is 0.162. The fraction of sp³-hybridized carbons (Fsp3) is 0. The predicted molar refractivity (Wildman–Crippen MR) is 224 cm³/mol. The maximum atomic E-state index is 5.25. The van der Waals surface area contributed by atoms with Gasteiger partial charge in [0, 0.05) is 74.6 Å². The molecule has 8 nitrogen and oxygen atoms in total. The van der Waals surface area contributed by atoms with Crippen molar-refractivity contribution in [3.05, 3.63) is 171 Å². The average Bonchev–Trinajstić information content (AvgIpc) is 3.28. The first kappa shape index (κ1) is 31.7. The number of rotatable bonds is 5. The van der Waals surface area contributed by atoms with Gasteiger partial charge in [-0.25, -0.2) is 15.0 Å². The summed E-state index contributed by atoms with van der Waals surface area (Å²) in [5, 5.41) is 4.98. The molecule has 0 amide bonds. The van der Waals surface area contributed by atoms with Crippen molar-refractivity contribution in [1.29, 1.82) is 0 Å². The van der Waals surface area contributed by atoms with Gasteiger partial charge in [0.25, 0.3) is 0 Å². The lowest BCUT2D eigenvalue weighted by atomic mass is 9.91. The molecule has 6 aromatic heterocycles. The van der Waals surface area contributed by atoms with Crippen molar-refractivity contribution < 1.29 is 0 Å². The molecule has 0 aliphatic heterocycles. The topological polar surface area (TPSA) is 103 Å². The lowest BCUT2D eigenvalue weighted by molar-refractivity contribution is 1.08. The highest BCUT2D eigenvalue weighted by molar-refractivity contribution is 6.12. The zero-order valence-corrected chi connectivity index (χ0v) is 29.7. The normalized spacial score (nSPS) is 11.6. The fourth-order valence-corrected chi connectivity index (χ4v) is 7.74. The number of hydrogen-bond donors (Lipinski definition) is 0. The number of nitrogens with zero attached hydrogens (tertiary/aromatic N) is 8. The molecule has 11 rings (SSSR count). The smallest absolute Gasteiger partial charge is 0.164 e. The molecule has 0 radical (unpaired) electrons. The maximum Gasteiger partial charge on any atom is 0.164 e. The van der Waals surface area contributed by atoms with E-state index >= 15 is 0 Å². The average molecular weight is 717 g/mol. The van der Waals surface area contributed by atoms with Gasteiger partial charge in [-0.2, -0.15) is 0 Å². The Morgan fingerprint density at radius 2 is 0.786 bits per heavy atom. The molecule has 260 valence electrons. The summed E-state index contributed by atoms with van der Waals surface area (Å²) in [7, 11) is 0. The Labute approximate surface area is 320 Å². The lowest BCUT2D eigenvalue weighted by Crippen LogP contribution is -2.01. The minimum absolute atomic E-state index is 0.549. The van der Waals surface area contributed by atoms with Crippen LogP contribution in [0.15, 0.2) is 171 Å². The summed E-state index contributed by atoms with van der Waals surface area (Å²) < 4.78 is 0. The van der Waals surface area contributed by atoms with Crippen LogP contribution in [0.25, 0.3) is 111 Å². The molecule has 0 saturated heterocycles. The summed E-state index contributed by atoms with van der Waals surface area (Å²) in [4.78, 5) is 39.3. The molecule has 0 saturated carbocycles. The van der Waals surface area contributed by atoms with E-state index in [0.29, 0.717) is 17.5 Å². The molecule has 0 aliphatic carbocycles. The van der Waals surface area contributed by atoms with Gasteiger partial charge in [-0.1, -0.05) is 72.8 Å². The first-order chi connectivity index (χ1) is 27.7. The van der Waals surface area contributed by atoms with Crippen molar-refractivity contribution in [2.75, 3.05) is 0 Å². The van der Waals surface area contributed by atoms with Crippen molar-refractivity contribution in [2.24, 2.45) is 0 Å². The molecule has 0 unspecified atom stereocenters. The summed E-state index contributed by atoms with van der Waals surface area (Å²) in [6.45, 7) is 0. The second kappa shape index (κ2) is 12.9. The summed E-state index contributed by atoms with van der Waals surface area (Å²) in [6.07, 6.45) is 9.08. The first-order valence-corrected chi connectivity index (χ1v) is 18.3. The van der Waals surface area contributed by atoms with Gasteiger partial charge in [-0.3, -0.25) is 24.9 Å². The van der Waals surface area contributed by atoms with E-state index in [0.717, 1.165) is 93.5 Å². The van der Waals surface area contributed by atoms with Crippen LogP contribution in [0.4, 0.5) is 0 Å². The van der Waals surface area contributed by atoms with Crippen LogP contribution in [0, 0.1) is 0 Å². The predicted octanol–water partition coefficient (Wildman–Crippen LogP) is 10.9. The van der Waals surface area contributed by atoms with Crippen molar-refractivity contribution in [3.8, 4) is 56.4 Å². The Morgan fingerprint density at radius 3 is 1.41 bits per heavy atom. The molecule has 0 aliphatic rings. The monoisotopic (exact) mass is 716 g/mol. The Morgan fingerprint density at radius 1 is 0.286 bits per heavy atom. The third-order valence-electron chi connectivity index (χ3n) is 10.3. The van der Waals surface area contributed by atoms with Gasteiger partial charge in [-0.15, -0.1) is 0 Å². The minimum atomic E-state index is 0.549. The molecule has 0 N–H and O–H groups in total. The molecule has 0 bridgehead atoms. The van der Waals surface area contributed by atoms with Crippen LogP contribution in [0.1, 0.15) is 0 Å². The van der Waals surface area contributed by atoms with E-state index in [1.807, 2.05) is 104 Å². The highest BCUT2D eigenvalue weighted by Crippen LogP contribution is 2.41. The van der Waals surface area contributed by atoms with Crippen molar-refractivity contribution >= 4 is 54.5 Å². The number of hydrogen-bond acceptors (Lipinski definition) is 8. The molecule has 6 heterocycles. The van der Waals surface area contributed by atoms with Crippen LogP contribution >= 0.6 is 0 Å². The highest BCUT2D eigenvalue weighted by Gasteiger charge is 2.19. The van der Waals surface area contributed by atoms with E-state index < -0.39 is 0 Å². The minimum Gasteiger partial charge on any atom is -0.256 e. The molecule has 56 heavy (non-hydrogen) atoms. The number of benzene rings is 5. The van der Waals surface area contributed by atoms with Gasteiger partial charge in [-0.05, 0) is 89.0 Å². The Bertz CT molecular complexity index is 3190. The summed E-state index contributed by atoms with van der Waals surface area (Å²) >= 11 is 0. The maximum absolute atomic E-state index is 5.25. The summed E-state index contributed by atoms with van der Waals surface area (Å²) in [6, 6.07) is 47.4. The second-order valence-corrected chi connectivity index (χ2v) is 13.6. The van der Waals surface area contributed by atoms with Crippen LogP contribution in [0.2, 0.25) is 0 Å². The Balaban J connectivity index is 1.23. The van der Waals surface area contributed by atoms with E-state index in [1.165, 1.54) is 0 Å². The first-order valence-electron chi connectivity index (χ1n) is 18.3. The number of aromatic nitrogens is 8. The molecule has 0 fully saturated rings. The van der Waals surface area contributed by atoms with Gasteiger partial charge in [0.15, 0.2) is 17.5 Å². The molecular formula is C48H28N8. The largest absolute Gasteiger partial charge is 0.256 e. The Hall–Kier alpha value is -7.84.